The highest BCUT2D eigenvalue weighted by molar-refractivity contribution is 6.02. The first-order chi connectivity index (χ1) is 13.6. The Labute approximate surface area is 160 Å². The van der Waals surface area contributed by atoms with Crippen LogP contribution in [0.5, 0.6) is 0 Å². The number of pyridine rings is 1. The summed E-state index contributed by atoms with van der Waals surface area (Å²) in [6.07, 6.45) is 1.66. The molecule has 0 bridgehead atoms. The topological polar surface area (TPSA) is 96.6 Å². The predicted octanol–water partition coefficient (Wildman–Crippen LogP) is 2.27. The summed E-state index contributed by atoms with van der Waals surface area (Å²) in [7, 11) is 0. The van der Waals surface area contributed by atoms with Crippen molar-refractivity contribution in [3.63, 3.8) is 0 Å². The average molecular weight is 378 g/mol. The van der Waals surface area contributed by atoms with Gasteiger partial charge in [0.25, 0.3) is 11.5 Å². The van der Waals surface area contributed by atoms with Gasteiger partial charge in [-0.1, -0.05) is 6.07 Å². The molecule has 28 heavy (non-hydrogen) atoms. The maximum Gasteiger partial charge on any atom is 0.321 e. The summed E-state index contributed by atoms with van der Waals surface area (Å²) >= 11 is 0. The molecule has 8 heteroatoms. The van der Waals surface area contributed by atoms with Crippen molar-refractivity contribution < 1.29 is 14.0 Å². The summed E-state index contributed by atoms with van der Waals surface area (Å²) < 4.78 is 7.06. The number of aromatic nitrogens is 1. The van der Waals surface area contributed by atoms with E-state index in [9.17, 15) is 14.4 Å². The van der Waals surface area contributed by atoms with E-state index in [0.717, 1.165) is 5.69 Å². The number of hydrogen-bond donors (Lipinski definition) is 2. The fraction of sp³-hybridized carbons (Fsp3) is 0.150. The Morgan fingerprint density at radius 3 is 2.61 bits per heavy atom. The second-order valence-corrected chi connectivity index (χ2v) is 6.32. The van der Waals surface area contributed by atoms with Gasteiger partial charge in [0.15, 0.2) is 5.76 Å². The van der Waals surface area contributed by atoms with Gasteiger partial charge in [-0.25, -0.2) is 4.79 Å². The second kappa shape index (κ2) is 7.43. The van der Waals surface area contributed by atoms with Crippen molar-refractivity contribution in [2.24, 2.45) is 0 Å². The Morgan fingerprint density at radius 2 is 1.89 bits per heavy atom. The third kappa shape index (κ3) is 3.66. The van der Waals surface area contributed by atoms with Gasteiger partial charge in [0.2, 0.25) is 0 Å². The van der Waals surface area contributed by atoms with Crippen molar-refractivity contribution in [2.45, 2.75) is 6.54 Å². The Morgan fingerprint density at radius 1 is 1.07 bits per heavy atom. The number of benzene rings is 1. The number of amides is 3. The lowest BCUT2D eigenvalue weighted by atomic mass is 10.2. The van der Waals surface area contributed by atoms with Crippen molar-refractivity contribution >= 4 is 23.3 Å². The minimum atomic E-state index is -0.390. The monoisotopic (exact) mass is 378 g/mol. The zero-order valence-corrected chi connectivity index (χ0v) is 14.9. The van der Waals surface area contributed by atoms with E-state index in [0.29, 0.717) is 24.5 Å². The summed E-state index contributed by atoms with van der Waals surface area (Å²) in [6.45, 7) is 1.48. The van der Waals surface area contributed by atoms with Gasteiger partial charge >= 0.3 is 6.03 Å². The molecule has 0 atom stereocenters. The first-order valence-corrected chi connectivity index (χ1v) is 8.81. The minimum Gasteiger partial charge on any atom is -0.454 e. The van der Waals surface area contributed by atoms with E-state index in [1.165, 1.54) is 10.6 Å². The third-order valence-electron chi connectivity index (χ3n) is 4.40. The van der Waals surface area contributed by atoms with Gasteiger partial charge in [0, 0.05) is 36.7 Å². The largest absolute Gasteiger partial charge is 0.454 e. The Bertz CT molecular complexity index is 1070. The number of nitrogens with one attached hydrogen (secondary N) is 2. The first kappa shape index (κ1) is 17.6. The van der Waals surface area contributed by atoms with Crippen LogP contribution < -0.4 is 21.1 Å². The van der Waals surface area contributed by atoms with Crippen molar-refractivity contribution in [3.8, 4) is 0 Å². The molecule has 0 unspecified atom stereocenters. The molecule has 0 aliphatic carbocycles. The number of hydrogen-bond acceptors (Lipinski definition) is 4. The number of nitrogens with zero attached hydrogens (tertiary/aromatic N) is 2. The molecule has 1 fully saturated rings. The summed E-state index contributed by atoms with van der Waals surface area (Å²) in [5.74, 6) is 0.272. The Balaban J connectivity index is 1.41. The molecule has 1 aromatic carbocycles. The number of urea groups is 1. The van der Waals surface area contributed by atoms with Crippen LogP contribution in [0.4, 0.5) is 16.2 Å². The number of rotatable bonds is 5. The third-order valence-corrected chi connectivity index (χ3v) is 4.40. The lowest BCUT2D eigenvalue weighted by molar-refractivity contribution is 0.0994. The molecule has 1 saturated heterocycles. The Kier molecular flexibility index (Phi) is 4.67. The van der Waals surface area contributed by atoms with Crippen LogP contribution in [0.25, 0.3) is 0 Å². The molecule has 142 valence electrons. The smallest absolute Gasteiger partial charge is 0.321 e. The normalized spacial score (nSPS) is 13.4. The second-order valence-electron chi connectivity index (χ2n) is 6.32. The van der Waals surface area contributed by atoms with Crippen LogP contribution >= 0.6 is 0 Å². The van der Waals surface area contributed by atoms with Gasteiger partial charge in [0.1, 0.15) is 5.76 Å². The predicted molar refractivity (Wildman–Crippen MR) is 104 cm³/mol. The lowest BCUT2D eigenvalue weighted by Gasteiger charge is -2.14. The summed E-state index contributed by atoms with van der Waals surface area (Å²) in [6, 6.07) is 15.0. The highest BCUT2D eigenvalue weighted by Crippen LogP contribution is 2.20. The SMILES string of the molecule is O=C(Nc1ccc(N2CCNC2=O)cc1)c1ccc(Cn2ccccc2=O)o1. The number of carbonyl (C=O) groups is 2. The summed E-state index contributed by atoms with van der Waals surface area (Å²) in [4.78, 5) is 37.5. The van der Waals surface area contributed by atoms with Crippen LogP contribution in [0.15, 0.2) is 70.0 Å². The molecule has 0 radical (unpaired) electrons. The molecule has 0 spiro atoms. The molecule has 3 heterocycles. The van der Waals surface area contributed by atoms with Crippen LogP contribution in [-0.2, 0) is 6.54 Å². The van der Waals surface area contributed by atoms with Crippen molar-refractivity contribution in [2.75, 3.05) is 23.3 Å². The molecule has 1 aliphatic heterocycles. The van der Waals surface area contributed by atoms with Crippen molar-refractivity contribution in [1.82, 2.24) is 9.88 Å². The molecule has 1 aliphatic rings. The molecular formula is C20H18N4O4. The first-order valence-electron chi connectivity index (χ1n) is 8.81. The van der Waals surface area contributed by atoms with Gasteiger partial charge in [-0.05, 0) is 42.5 Å². The van der Waals surface area contributed by atoms with Gasteiger partial charge in [-0.2, -0.15) is 0 Å². The molecule has 8 nitrogen and oxygen atoms in total. The van der Waals surface area contributed by atoms with E-state index in [2.05, 4.69) is 10.6 Å². The van der Waals surface area contributed by atoms with Gasteiger partial charge in [-0.3, -0.25) is 14.5 Å². The van der Waals surface area contributed by atoms with Gasteiger partial charge < -0.3 is 19.6 Å². The standard InChI is InChI=1S/C20H18N4O4/c25-18-3-1-2-11-23(18)13-16-8-9-17(28-16)19(26)22-14-4-6-15(7-5-14)24-12-10-21-20(24)27/h1-9,11H,10,12-13H2,(H,21,27)(H,22,26). The molecule has 0 saturated carbocycles. The molecule has 2 N–H and O–H groups in total. The maximum absolute atomic E-state index is 12.4. The van der Waals surface area contributed by atoms with Crippen molar-refractivity contribution in [1.29, 1.82) is 0 Å². The maximum atomic E-state index is 12.4. The Hall–Kier alpha value is -3.81. The molecule has 4 rings (SSSR count). The van der Waals surface area contributed by atoms with Crippen LogP contribution in [0.2, 0.25) is 0 Å². The number of anilines is 2. The highest BCUT2D eigenvalue weighted by atomic mass is 16.4. The van der Waals surface area contributed by atoms with Crippen LogP contribution in [0.1, 0.15) is 16.3 Å². The molecule has 3 amide bonds. The molecule has 3 aromatic rings. The molecular weight excluding hydrogens is 360 g/mol. The lowest BCUT2D eigenvalue weighted by Crippen LogP contribution is -2.27. The van der Waals surface area contributed by atoms with Crippen molar-refractivity contribution in [3.05, 3.63) is 82.7 Å². The number of furan rings is 1. The quantitative estimate of drug-likeness (QED) is 0.712. The zero-order valence-electron chi connectivity index (χ0n) is 14.9. The van der Waals surface area contributed by atoms with Crippen LogP contribution in [-0.4, -0.2) is 29.6 Å². The minimum absolute atomic E-state index is 0.127. The van der Waals surface area contributed by atoms with E-state index in [-0.39, 0.29) is 23.9 Å². The molecule has 2 aromatic heterocycles. The van der Waals surface area contributed by atoms with E-state index in [1.54, 1.807) is 59.6 Å². The fourth-order valence-corrected chi connectivity index (χ4v) is 2.98. The average Bonchev–Trinajstić information content (AvgIpc) is 3.33. The zero-order chi connectivity index (χ0) is 19.5. The van der Waals surface area contributed by atoms with E-state index < -0.39 is 5.91 Å². The van der Waals surface area contributed by atoms with Gasteiger partial charge in [0.05, 0.1) is 6.54 Å². The fourth-order valence-electron chi connectivity index (χ4n) is 2.98. The van der Waals surface area contributed by atoms with E-state index >= 15 is 0 Å². The number of carbonyl (C=O) groups excluding carboxylic acids is 2. The van der Waals surface area contributed by atoms with E-state index in [4.69, 9.17) is 4.42 Å². The van der Waals surface area contributed by atoms with E-state index in [1.807, 2.05) is 0 Å². The summed E-state index contributed by atoms with van der Waals surface area (Å²) in [5.41, 5.74) is 1.21. The van der Waals surface area contributed by atoms with Gasteiger partial charge in [-0.15, -0.1) is 0 Å². The van der Waals surface area contributed by atoms with Crippen LogP contribution in [0.3, 0.4) is 0 Å². The highest BCUT2D eigenvalue weighted by Gasteiger charge is 2.21. The van der Waals surface area contributed by atoms with Crippen LogP contribution in [0, 0.1) is 0 Å². The summed E-state index contributed by atoms with van der Waals surface area (Å²) in [5, 5.41) is 5.50.